The lowest BCUT2D eigenvalue weighted by molar-refractivity contribution is -0.0444. The standard InChI is InChI=1S/C14H27NO/c1-10-4-6-13(8-11(10)2)16-14-7-5-12(9-14)15-3/h10-15H,4-9H2,1-3H3. The van der Waals surface area contributed by atoms with Crippen molar-refractivity contribution < 1.29 is 4.74 Å². The van der Waals surface area contributed by atoms with Crippen molar-refractivity contribution in [3.8, 4) is 0 Å². The lowest BCUT2D eigenvalue weighted by Crippen LogP contribution is -2.30. The number of rotatable bonds is 3. The smallest absolute Gasteiger partial charge is 0.0594 e. The van der Waals surface area contributed by atoms with Crippen molar-refractivity contribution in [2.24, 2.45) is 11.8 Å². The molecule has 0 aromatic heterocycles. The first-order chi connectivity index (χ1) is 7.69. The molecule has 0 saturated heterocycles. The highest BCUT2D eigenvalue weighted by Crippen LogP contribution is 2.33. The molecule has 0 spiro atoms. The molecule has 2 rings (SSSR count). The minimum absolute atomic E-state index is 0.531. The molecule has 16 heavy (non-hydrogen) atoms. The van der Waals surface area contributed by atoms with Gasteiger partial charge in [-0.15, -0.1) is 0 Å². The zero-order chi connectivity index (χ0) is 11.5. The topological polar surface area (TPSA) is 21.3 Å². The molecule has 1 N–H and O–H groups in total. The quantitative estimate of drug-likeness (QED) is 0.797. The van der Waals surface area contributed by atoms with E-state index in [-0.39, 0.29) is 0 Å². The summed E-state index contributed by atoms with van der Waals surface area (Å²) >= 11 is 0. The highest BCUT2D eigenvalue weighted by Gasteiger charge is 2.30. The maximum absolute atomic E-state index is 6.26. The number of hydrogen-bond acceptors (Lipinski definition) is 2. The molecule has 2 nitrogen and oxygen atoms in total. The van der Waals surface area contributed by atoms with Crippen LogP contribution in [0.3, 0.4) is 0 Å². The number of nitrogens with one attached hydrogen (secondary N) is 1. The van der Waals surface area contributed by atoms with Crippen molar-refractivity contribution >= 4 is 0 Å². The Morgan fingerprint density at radius 3 is 2.19 bits per heavy atom. The molecule has 0 aromatic carbocycles. The summed E-state index contributed by atoms with van der Waals surface area (Å²) in [6, 6.07) is 0.699. The van der Waals surface area contributed by atoms with Gasteiger partial charge in [0.05, 0.1) is 12.2 Å². The third-order valence-corrected chi connectivity index (χ3v) is 4.73. The van der Waals surface area contributed by atoms with Crippen molar-refractivity contribution in [1.82, 2.24) is 5.32 Å². The third kappa shape index (κ3) is 2.98. The Morgan fingerprint density at radius 1 is 0.875 bits per heavy atom. The van der Waals surface area contributed by atoms with Gasteiger partial charge in [-0.05, 0) is 57.4 Å². The van der Waals surface area contributed by atoms with Crippen LogP contribution in [0, 0.1) is 11.8 Å². The van der Waals surface area contributed by atoms with E-state index in [9.17, 15) is 0 Å². The lowest BCUT2D eigenvalue weighted by atomic mass is 9.80. The van der Waals surface area contributed by atoms with Crippen LogP contribution in [0.15, 0.2) is 0 Å². The maximum Gasteiger partial charge on any atom is 0.0594 e. The van der Waals surface area contributed by atoms with Crippen LogP contribution < -0.4 is 5.32 Å². The van der Waals surface area contributed by atoms with E-state index in [1.807, 2.05) is 0 Å². The predicted octanol–water partition coefficient (Wildman–Crippen LogP) is 2.97. The van der Waals surface area contributed by atoms with E-state index < -0.39 is 0 Å². The van der Waals surface area contributed by atoms with Crippen molar-refractivity contribution in [2.75, 3.05) is 7.05 Å². The molecule has 2 heteroatoms. The summed E-state index contributed by atoms with van der Waals surface area (Å²) in [6.07, 6.45) is 8.76. The first kappa shape index (κ1) is 12.4. The first-order valence-corrected chi connectivity index (χ1v) is 7.01. The fourth-order valence-corrected chi connectivity index (χ4v) is 3.22. The van der Waals surface area contributed by atoms with Crippen LogP contribution in [0.4, 0.5) is 0 Å². The number of hydrogen-bond donors (Lipinski definition) is 1. The molecule has 0 heterocycles. The van der Waals surface area contributed by atoms with Crippen LogP contribution in [0.2, 0.25) is 0 Å². The molecule has 5 unspecified atom stereocenters. The van der Waals surface area contributed by atoms with Gasteiger partial charge in [0.1, 0.15) is 0 Å². The van der Waals surface area contributed by atoms with Crippen molar-refractivity contribution in [1.29, 1.82) is 0 Å². The highest BCUT2D eigenvalue weighted by atomic mass is 16.5. The molecule has 2 fully saturated rings. The Hall–Kier alpha value is -0.0800. The fourth-order valence-electron chi connectivity index (χ4n) is 3.22. The molecule has 0 aliphatic heterocycles. The molecule has 2 aliphatic rings. The Balaban J connectivity index is 1.74. The minimum Gasteiger partial charge on any atom is -0.375 e. The first-order valence-electron chi connectivity index (χ1n) is 7.01. The average molecular weight is 225 g/mol. The largest absolute Gasteiger partial charge is 0.375 e. The zero-order valence-electron chi connectivity index (χ0n) is 11.0. The van der Waals surface area contributed by atoms with Gasteiger partial charge in [0, 0.05) is 6.04 Å². The molecule has 2 aliphatic carbocycles. The fraction of sp³-hybridized carbons (Fsp3) is 1.00. The molecule has 94 valence electrons. The molecule has 0 bridgehead atoms. The van der Waals surface area contributed by atoms with Crippen molar-refractivity contribution in [3.63, 3.8) is 0 Å². The number of ether oxygens (including phenoxy) is 1. The molecule has 0 amide bonds. The van der Waals surface area contributed by atoms with Crippen molar-refractivity contribution in [3.05, 3.63) is 0 Å². The molecular weight excluding hydrogens is 198 g/mol. The van der Waals surface area contributed by atoms with Crippen LogP contribution >= 0.6 is 0 Å². The predicted molar refractivity (Wildman–Crippen MR) is 67.5 cm³/mol. The second-order valence-electron chi connectivity index (χ2n) is 5.95. The lowest BCUT2D eigenvalue weighted by Gasteiger charge is -2.33. The van der Waals surface area contributed by atoms with Crippen molar-refractivity contribution in [2.45, 2.75) is 70.6 Å². The summed E-state index contributed by atoms with van der Waals surface area (Å²) in [4.78, 5) is 0. The summed E-state index contributed by atoms with van der Waals surface area (Å²) < 4.78 is 6.26. The Morgan fingerprint density at radius 2 is 1.56 bits per heavy atom. The highest BCUT2D eigenvalue weighted by molar-refractivity contribution is 4.83. The molecule has 0 radical (unpaired) electrons. The molecule has 2 saturated carbocycles. The van der Waals surface area contributed by atoms with E-state index in [2.05, 4.69) is 26.2 Å². The normalized spacial score (nSPS) is 44.8. The van der Waals surface area contributed by atoms with E-state index in [1.165, 1.54) is 38.5 Å². The summed E-state index contributed by atoms with van der Waals surface area (Å²) in [6.45, 7) is 4.76. The summed E-state index contributed by atoms with van der Waals surface area (Å²) in [7, 11) is 2.07. The van der Waals surface area contributed by atoms with Gasteiger partial charge in [0.25, 0.3) is 0 Å². The summed E-state index contributed by atoms with van der Waals surface area (Å²) in [5, 5.41) is 3.37. The second-order valence-corrected chi connectivity index (χ2v) is 5.95. The molecular formula is C14H27NO. The van der Waals surface area contributed by atoms with Crippen LogP contribution in [-0.2, 0) is 4.74 Å². The van der Waals surface area contributed by atoms with E-state index in [1.54, 1.807) is 0 Å². The van der Waals surface area contributed by atoms with Gasteiger partial charge < -0.3 is 10.1 Å². The summed E-state index contributed by atoms with van der Waals surface area (Å²) in [5.41, 5.74) is 0. The van der Waals surface area contributed by atoms with Gasteiger partial charge in [-0.3, -0.25) is 0 Å². The third-order valence-electron chi connectivity index (χ3n) is 4.73. The van der Waals surface area contributed by atoms with Crippen LogP contribution in [0.5, 0.6) is 0 Å². The SMILES string of the molecule is CNC1CCC(OC2CCC(C)C(C)C2)C1. The van der Waals surface area contributed by atoms with E-state index in [0.717, 1.165) is 11.8 Å². The van der Waals surface area contributed by atoms with Gasteiger partial charge in [-0.1, -0.05) is 13.8 Å². The van der Waals surface area contributed by atoms with Gasteiger partial charge in [0.15, 0.2) is 0 Å². The second kappa shape index (κ2) is 5.50. The molecule has 5 atom stereocenters. The average Bonchev–Trinajstić information content (AvgIpc) is 2.71. The van der Waals surface area contributed by atoms with Crippen LogP contribution in [-0.4, -0.2) is 25.3 Å². The van der Waals surface area contributed by atoms with Crippen LogP contribution in [0.25, 0.3) is 0 Å². The van der Waals surface area contributed by atoms with E-state index >= 15 is 0 Å². The van der Waals surface area contributed by atoms with Gasteiger partial charge >= 0.3 is 0 Å². The maximum atomic E-state index is 6.26. The van der Waals surface area contributed by atoms with Gasteiger partial charge in [-0.25, -0.2) is 0 Å². The van der Waals surface area contributed by atoms with E-state index in [4.69, 9.17) is 4.74 Å². The summed E-state index contributed by atoms with van der Waals surface area (Å²) in [5.74, 6) is 1.74. The van der Waals surface area contributed by atoms with Gasteiger partial charge in [-0.2, -0.15) is 0 Å². The Labute approximate surface area is 100 Å². The Kier molecular flexibility index (Phi) is 4.26. The van der Waals surface area contributed by atoms with Crippen LogP contribution in [0.1, 0.15) is 52.4 Å². The monoisotopic (exact) mass is 225 g/mol. The zero-order valence-corrected chi connectivity index (χ0v) is 11.0. The Bertz CT molecular complexity index is 219. The minimum atomic E-state index is 0.531. The van der Waals surface area contributed by atoms with Gasteiger partial charge in [0.2, 0.25) is 0 Å². The molecule has 0 aromatic rings. The van der Waals surface area contributed by atoms with E-state index in [0.29, 0.717) is 18.2 Å².